The van der Waals surface area contributed by atoms with Crippen molar-refractivity contribution in [2.75, 3.05) is 0 Å². The minimum Gasteiger partial charge on any atom is -0.456 e. The summed E-state index contributed by atoms with van der Waals surface area (Å²) in [5.41, 5.74) is 9.04. The lowest BCUT2D eigenvalue weighted by Crippen LogP contribution is -2.04. The number of fused-ring (bicyclic) bond motifs is 10. The molecule has 0 aliphatic carbocycles. The third-order valence-electron chi connectivity index (χ3n) is 10.2. The Morgan fingerprint density at radius 2 is 1.13 bits per heavy atom. The number of para-hydroxylation sites is 2. The molecule has 0 saturated heterocycles. The maximum atomic E-state index is 6.22. The highest BCUT2D eigenvalue weighted by Crippen LogP contribution is 2.42. The average Bonchev–Trinajstić information content (AvgIpc) is 3.75. The molecule has 0 spiro atoms. The molecule has 0 amide bonds. The largest absolute Gasteiger partial charge is 0.456 e. The van der Waals surface area contributed by atoms with E-state index in [2.05, 4.69) is 150 Å². The van der Waals surface area contributed by atoms with Crippen molar-refractivity contribution in [2.24, 2.45) is 0 Å². The molecule has 0 radical (unpaired) electrons. The van der Waals surface area contributed by atoms with Crippen LogP contribution in [0, 0.1) is 0 Å². The molecule has 246 valence electrons. The summed E-state index contributed by atoms with van der Waals surface area (Å²) in [6, 6.07) is 57.9. The quantitative estimate of drug-likeness (QED) is 0.176. The maximum Gasteiger partial charge on any atom is 0.235 e. The zero-order valence-electron chi connectivity index (χ0n) is 28.8. The minimum absolute atomic E-state index is 0.644. The molecule has 0 saturated carbocycles. The van der Waals surface area contributed by atoms with Gasteiger partial charge in [0.2, 0.25) is 5.95 Å². The third kappa shape index (κ3) is 4.54. The molecule has 0 fully saturated rings. The Bertz CT molecular complexity index is 3150. The lowest BCUT2D eigenvalue weighted by molar-refractivity contribution is 0.669. The van der Waals surface area contributed by atoms with E-state index in [-0.39, 0.29) is 0 Å². The van der Waals surface area contributed by atoms with E-state index in [1.54, 1.807) is 0 Å². The van der Waals surface area contributed by atoms with Gasteiger partial charge in [-0.05, 0) is 58.1 Å². The van der Waals surface area contributed by atoms with Crippen LogP contribution >= 0.6 is 0 Å². The Balaban J connectivity index is 0.00000166. The highest BCUT2D eigenvalue weighted by atomic mass is 16.3. The van der Waals surface area contributed by atoms with Crippen LogP contribution in [0.1, 0.15) is 13.8 Å². The van der Waals surface area contributed by atoms with E-state index in [0.717, 1.165) is 82.4 Å². The van der Waals surface area contributed by atoms with Gasteiger partial charge in [0.25, 0.3) is 0 Å². The molecule has 52 heavy (non-hydrogen) atoms. The van der Waals surface area contributed by atoms with Gasteiger partial charge in [-0.2, -0.15) is 0 Å². The smallest absolute Gasteiger partial charge is 0.235 e. The molecule has 11 aromatic rings. The van der Waals surface area contributed by atoms with Gasteiger partial charge in [-0.15, -0.1) is 0 Å². The van der Waals surface area contributed by atoms with E-state index in [0.29, 0.717) is 5.95 Å². The Morgan fingerprint density at radius 1 is 0.442 bits per heavy atom. The van der Waals surface area contributed by atoms with Crippen LogP contribution < -0.4 is 0 Å². The van der Waals surface area contributed by atoms with Crippen molar-refractivity contribution >= 4 is 76.2 Å². The average molecular weight is 668 g/mol. The number of nitrogens with zero attached hydrogens (tertiary/aromatic N) is 3. The molecule has 3 aromatic heterocycles. The fourth-order valence-corrected chi connectivity index (χ4v) is 7.85. The van der Waals surface area contributed by atoms with E-state index in [1.165, 1.54) is 16.2 Å². The van der Waals surface area contributed by atoms with Crippen LogP contribution in [0.15, 0.2) is 168 Å². The monoisotopic (exact) mass is 667 g/mol. The van der Waals surface area contributed by atoms with Gasteiger partial charge in [0.05, 0.1) is 22.2 Å². The van der Waals surface area contributed by atoms with Crippen LogP contribution in [0.4, 0.5) is 0 Å². The summed E-state index contributed by atoms with van der Waals surface area (Å²) in [6.45, 7) is 4.00. The van der Waals surface area contributed by atoms with Crippen molar-refractivity contribution in [3.05, 3.63) is 164 Å². The van der Waals surface area contributed by atoms with Crippen molar-refractivity contribution in [3.63, 3.8) is 0 Å². The number of benzene rings is 8. The summed E-state index contributed by atoms with van der Waals surface area (Å²) >= 11 is 0. The van der Waals surface area contributed by atoms with E-state index in [1.807, 2.05) is 32.0 Å². The summed E-state index contributed by atoms with van der Waals surface area (Å²) in [5.74, 6) is 0.644. The summed E-state index contributed by atoms with van der Waals surface area (Å²) in [5, 5.41) is 10.2. The Labute approximate surface area is 300 Å². The van der Waals surface area contributed by atoms with Gasteiger partial charge >= 0.3 is 0 Å². The second-order valence-corrected chi connectivity index (χ2v) is 13.0. The van der Waals surface area contributed by atoms with Gasteiger partial charge in [0.1, 0.15) is 11.2 Å². The molecule has 0 aliphatic heterocycles. The van der Waals surface area contributed by atoms with Crippen molar-refractivity contribution in [1.82, 2.24) is 14.5 Å². The fourth-order valence-electron chi connectivity index (χ4n) is 7.85. The van der Waals surface area contributed by atoms with E-state index < -0.39 is 0 Å². The summed E-state index contributed by atoms with van der Waals surface area (Å²) in [6.07, 6.45) is 0. The molecule has 0 N–H and O–H groups in total. The van der Waals surface area contributed by atoms with Crippen LogP contribution in [-0.2, 0) is 0 Å². The summed E-state index contributed by atoms with van der Waals surface area (Å²) in [4.78, 5) is 10.9. The SMILES string of the molecule is CC.c1ccc(-c2nc(-n3c4cc5ccccc5cc4c4cccc(-c5ccc6oc7ccccc7c6c5)c43)nc3c2ccc2ccccc23)cc1. The van der Waals surface area contributed by atoms with Crippen LogP contribution in [0.25, 0.3) is 105 Å². The second-order valence-electron chi connectivity index (χ2n) is 13.0. The number of aromatic nitrogens is 3. The van der Waals surface area contributed by atoms with Crippen LogP contribution in [0.2, 0.25) is 0 Å². The molecule has 11 rings (SSSR count). The Hall–Kier alpha value is -6.78. The first-order valence-electron chi connectivity index (χ1n) is 17.9. The van der Waals surface area contributed by atoms with Gasteiger partial charge in [-0.1, -0.05) is 141 Å². The molecular formula is C48H33N3O. The van der Waals surface area contributed by atoms with Gasteiger partial charge in [-0.25, -0.2) is 9.97 Å². The number of furan rings is 1. The lowest BCUT2D eigenvalue weighted by Gasteiger charge is -2.15. The van der Waals surface area contributed by atoms with Crippen molar-refractivity contribution in [3.8, 4) is 28.3 Å². The molecular weight excluding hydrogens is 635 g/mol. The van der Waals surface area contributed by atoms with Gasteiger partial charge in [-0.3, -0.25) is 4.57 Å². The lowest BCUT2D eigenvalue weighted by atomic mass is 9.99. The molecule has 0 bridgehead atoms. The van der Waals surface area contributed by atoms with E-state index in [9.17, 15) is 0 Å². The van der Waals surface area contributed by atoms with Gasteiger partial charge < -0.3 is 4.42 Å². The van der Waals surface area contributed by atoms with Crippen molar-refractivity contribution in [1.29, 1.82) is 0 Å². The predicted octanol–water partition coefficient (Wildman–Crippen LogP) is 13.3. The first-order chi connectivity index (χ1) is 25.8. The fraction of sp³-hybridized carbons (Fsp3) is 0.0417. The number of hydrogen-bond acceptors (Lipinski definition) is 3. The molecule has 4 nitrogen and oxygen atoms in total. The summed E-state index contributed by atoms with van der Waals surface area (Å²) in [7, 11) is 0. The minimum atomic E-state index is 0.644. The number of hydrogen-bond donors (Lipinski definition) is 0. The summed E-state index contributed by atoms with van der Waals surface area (Å²) < 4.78 is 8.51. The van der Waals surface area contributed by atoms with Gasteiger partial charge in [0, 0.05) is 43.4 Å². The zero-order valence-corrected chi connectivity index (χ0v) is 28.8. The van der Waals surface area contributed by atoms with Crippen LogP contribution in [0.5, 0.6) is 0 Å². The highest BCUT2D eigenvalue weighted by Gasteiger charge is 2.22. The third-order valence-corrected chi connectivity index (χ3v) is 10.2. The zero-order chi connectivity index (χ0) is 34.8. The Morgan fingerprint density at radius 3 is 1.98 bits per heavy atom. The highest BCUT2D eigenvalue weighted by molar-refractivity contribution is 6.18. The second kappa shape index (κ2) is 11.9. The standard InChI is InChI=1S/C46H27N3O.C2H6/c1-2-12-29(13-3-1)43-37-23-21-28-11-6-7-16-33(28)44(37)48-46(47-43)49-40-27-31-15-5-4-14-30(31)25-38(40)36-19-10-18-34(45(36)49)32-22-24-42-39(26-32)35-17-8-9-20-41(35)50-42;1-2/h1-27H;1-2H3. The van der Waals surface area contributed by atoms with Crippen LogP contribution in [-0.4, -0.2) is 14.5 Å². The Kier molecular flexibility index (Phi) is 6.90. The topological polar surface area (TPSA) is 43.9 Å². The molecule has 4 heteroatoms. The maximum absolute atomic E-state index is 6.22. The van der Waals surface area contributed by atoms with Gasteiger partial charge in [0.15, 0.2) is 0 Å². The van der Waals surface area contributed by atoms with Crippen molar-refractivity contribution in [2.45, 2.75) is 13.8 Å². The number of rotatable bonds is 3. The first-order valence-corrected chi connectivity index (χ1v) is 17.9. The molecule has 3 heterocycles. The molecule has 0 aliphatic rings. The molecule has 8 aromatic carbocycles. The van der Waals surface area contributed by atoms with E-state index in [4.69, 9.17) is 14.4 Å². The predicted molar refractivity (Wildman–Crippen MR) is 218 cm³/mol. The molecule has 0 atom stereocenters. The van der Waals surface area contributed by atoms with Crippen LogP contribution in [0.3, 0.4) is 0 Å². The van der Waals surface area contributed by atoms with E-state index >= 15 is 0 Å². The normalized spacial score (nSPS) is 11.7. The van der Waals surface area contributed by atoms with Crippen molar-refractivity contribution < 1.29 is 4.42 Å². The first kappa shape index (κ1) is 30.1. The molecule has 0 unspecified atom stereocenters.